The summed E-state index contributed by atoms with van der Waals surface area (Å²) < 4.78 is 25.8. The molecule has 0 amide bonds. The summed E-state index contributed by atoms with van der Waals surface area (Å²) in [4.78, 5) is 0. The fraction of sp³-hybridized carbons (Fsp3) is 0.250. The van der Waals surface area contributed by atoms with Gasteiger partial charge < -0.3 is 11.5 Å². The molecule has 1 aromatic carbocycles. The zero-order valence-corrected chi connectivity index (χ0v) is 6.48. The average molecular weight is 172 g/mol. The molecule has 0 bridgehead atoms. The van der Waals surface area contributed by atoms with E-state index in [2.05, 4.69) is 0 Å². The van der Waals surface area contributed by atoms with Gasteiger partial charge in [-0.15, -0.1) is 0 Å². The SMILES string of the molecule is NCc1cc(F)c(CN)c(F)c1. The fourth-order valence-corrected chi connectivity index (χ4v) is 0.968. The topological polar surface area (TPSA) is 52.0 Å². The summed E-state index contributed by atoms with van der Waals surface area (Å²) in [6.07, 6.45) is 0. The van der Waals surface area contributed by atoms with Gasteiger partial charge in [0.1, 0.15) is 11.6 Å². The molecular weight excluding hydrogens is 162 g/mol. The van der Waals surface area contributed by atoms with E-state index in [1.54, 1.807) is 0 Å². The fourth-order valence-electron chi connectivity index (χ4n) is 0.968. The first-order chi connectivity index (χ1) is 5.69. The zero-order chi connectivity index (χ0) is 9.14. The van der Waals surface area contributed by atoms with E-state index in [-0.39, 0.29) is 18.7 Å². The molecule has 0 fully saturated rings. The Kier molecular flexibility index (Phi) is 2.73. The number of nitrogens with two attached hydrogens (primary N) is 2. The Morgan fingerprint density at radius 1 is 1.00 bits per heavy atom. The maximum absolute atomic E-state index is 12.9. The lowest BCUT2D eigenvalue weighted by atomic mass is 10.1. The van der Waals surface area contributed by atoms with E-state index in [0.717, 1.165) is 0 Å². The van der Waals surface area contributed by atoms with Gasteiger partial charge >= 0.3 is 0 Å². The normalized spacial score (nSPS) is 10.3. The molecule has 1 rings (SSSR count). The molecular formula is C8H10F2N2. The molecule has 0 radical (unpaired) electrons. The van der Waals surface area contributed by atoms with Crippen LogP contribution in [0.5, 0.6) is 0 Å². The Balaban J connectivity index is 3.18. The highest BCUT2D eigenvalue weighted by molar-refractivity contribution is 5.25. The molecule has 0 saturated heterocycles. The molecule has 0 aliphatic rings. The van der Waals surface area contributed by atoms with Gasteiger partial charge in [-0.3, -0.25) is 0 Å². The first-order valence-electron chi connectivity index (χ1n) is 3.56. The Bertz CT molecular complexity index is 263. The number of benzene rings is 1. The molecule has 0 atom stereocenters. The zero-order valence-electron chi connectivity index (χ0n) is 6.48. The molecule has 0 spiro atoms. The van der Waals surface area contributed by atoms with Crippen molar-refractivity contribution in [1.82, 2.24) is 0 Å². The minimum atomic E-state index is -0.627. The van der Waals surface area contributed by atoms with Gasteiger partial charge in [-0.05, 0) is 17.7 Å². The van der Waals surface area contributed by atoms with E-state index in [9.17, 15) is 8.78 Å². The summed E-state index contributed by atoms with van der Waals surface area (Å²) in [6.45, 7) is -0.0127. The van der Waals surface area contributed by atoms with Gasteiger partial charge in [0.15, 0.2) is 0 Å². The Labute approximate surface area is 69.2 Å². The number of halogens is 2. The molecule has 1 aromatic rings. The molecule has 2 nitrogen and oxygen atoms in total. The van der Waals surface area contributed by atoms with Crippen LogP contribution in [0.25, 0.3) is 0 Å². The predicted molar refractivity (Wildman–Crippen MR) is 42.1 cm³/mol. The highest BCUT2D eigenvalue weighted by Crippen LogP contribution is 2.14. The smallest absolute Gasteiger partial charge is 0.130 e. The summed E-state index contributed by atoms with van der Waals surface area (Å²) in [6, 6.07) is 2.40. The van der Waals surface area contributed by atoms with Crippen LogP contribution in [0.1, 0.15) is 11.1 Å². The largest absolute Gasteiger partial charge is 0.326 e. The average Bonchev–Trinajstić information content (AvgIpc) is 2.03. The van der Waals surface area contributed by atoms with Crippen molar-refractivity contribution in [3.63, 3.8) is 0 Å². The van der Waals surface area contributed by atoms with Gasteiger partial charge in [-0.2, -0.15) is 0 Å². The molecule has 66 valence electrons. The second kappa shape index (κ2) is 3.60. The van der Waals surface area contributed by atoms with Crippen LogP contribution in [0.2, 0.25) is 0 Å². The lowest BCUT2D eigenvalue weighted by Gasteiger charge is -2.03. The van der Waals surface area contributed by atoms with Crippen LogP contribution in [0.3, 0.4) is 0 Å². The second-order valence-electron chi connectivity index (χ2n) is 2.45. The van der Waals surface area contributed by atoms with Crippen molar-refractivity contribution in [2.75, 3.05) is 0 Å². The lowest BCUT2D eigenvalue weighted by molar-refractivity contribution is 0.553. The first-order valence-corrected chi connectivity index (χ1v) is 3.56. The van der Waals surface area contributed by atoms with E-state index < -0.39 is 11.6 Å². The number of hydrogen-bond donors (Lipinski definition) is 2. The van der Waals surface area contributed by atoms with Crippen LogP contribution < -0.4 is 11.5 Å². The van der Waals surface area contributed by atoms with Crippen molar-refractivity contribution >= 4 is 0 Å². The van der Waals surface area contributed by atoms with Crippen molar-refractivity contribution in [3.05, 3.63) is 34.9 Å². The molecule has 0 unspecified atom stereocenters. The lowest BCUT2D eigenvalue weighted by Crippen LogP contribution is -2.06. The molecule has 0 aromatic heterocycles. The number of hydrogen-bond acceptors (Lipinski definition) is 2. The molecule has 0 aliphatic heterocycles. The third-order valence-corrected chi connectivity index (χ3v) is 1.64. The molecule has 0 heterocycles. The van der Waals surface area contributed by atoms with Gasteiger partial charge in [-0.1, -0.05) is 0 Å². The maximum atomic E-state index is 12.9. The molecule has 0 aliphatic carbocycles. The van der Waals surface area contributed by atoms with E-state index in [1.807, 2.05) is 0 Å². The van der Waals surface area contributed by atoms with Gasteiger partial charge in [-0.25, -0.2) is 8.78 Å². The van der Waals surface area contributed by atoms with Crippen molar-refractivity contribution in [1.29, 1.82) is 0 Å². The van der Waals surface area contributed by atoms with Gasteiger partial charge in [0, 0.05) is 18.7 Å². The Morgan fingerprint density at radius 2 is 1.50 bits per heavy atom. The quantitative estimate of drug-likeness (QED) is 0.695. The van der Waals surface area contributed by atoms with E-state index >= 15 is 0 Å². The monoisotopic (exact) mass is 172 g/mol. The van der Waals surface area contributed by atoms with Crippen LogP contribution in [0.4, 0.5) is 8.78 Å². The van der Waals surface area contributed by atoms with Crippen LogP contribution in [0, 0.1) is 11.6 Å². The highest BCUT2D eigenvalue weighted by Gasteiger charge is 2.08. The van der Waals surface area contributed by atoms with Gasteiger partial charge in [0.2, 0.25) is 0 Å². The van der Waals surface area contributed by atoms with Crippen LogP contribution in [-0.4, -0.2) is 0 Å². The van der Waals surface area contributed by atoms with Gasteiger partial charge in [0.25, 0.3) is 0 Å². The Hall–Kier alpha value is -1.00. The highest BCUT2D eigenvalue weighted by atomic mass is 19.1. The van der Waals surface area contributed by atoms with Crippen molar-refractivity contribution in [2.24, 2.45) is 11.5 Å². The minimum absolute atomic E-state index is 0.0906. The standard InChI is InChI=1S/C8H10F2N2/c9-7-1-5(3-11)2-8(10)6(7)4-12/h1-2H,3-4,11-12H2. The van der Waals surface area contributed by atoms with E-state index in [1.165, 1.54) is 12.1 Å². The van der Waals surface area contributed by atoms with Crippen molar-refractivity contribution in [3.8, 4) is 0 Å². The van der Waals surface area contributed by atoms with Crippen LogP contribution >= 0.6 is 0 Å². The van der Waals surface area contributed by atoms with E-state index in [4.69, 9.17) is 11.5 Å². The predicted octanol–water partition coefficient (Wildman–Crippen LogP) is 0.882. The minimum Gasteiger partial charge on any atom is -0.326 e. The van der Waals surface area contributed by atoms with E-state index in [0.29, 0.717) is 5.56 Å². The summed E-state index contributed by atoms with van der Waals surface area (Å²) in [5.41, 5.74) is 10.7. The molecule has 12 heavy (non-hydrogen) atoms. The van der Waals surface area contributed by atoms with Crippen LogP contribution in [0.15, 0.2) is 12.1 Å². The summed E-state index contributed by atoms with van der Waals surface area (Å²) in [7, 11) is 0. The van der Waals surface area contributed by atoms with Crippen molar-refractivity contribution in [2.45, 2.75) is 13.1 Å². The second-order valence-corrected chi connectivity index (χ2v) is 2.45. The maximum Gasteiger partial charge on any atom is 0.130 e. The third-order valence-electron chi connectivity index (χ3n) is 1.64. The molecule has 0 saturated carbocycles. The third kappa shape index (κ3) is 1.60. The van der Waals surface area contributed by atoms with Crippen molar-refractivity contribution < 1.29 is 8.78 Å². The van der Waals surface area contributed by atoms with Crippen LogP contribution in [-0.2, 0) is 13.1 Å². The molecule has 4 heteroatoms. The summed E-state index contributed by atoms with van der Waals surface area (Å²) in [5, 5.41) is 0. The number of rotatable bonds is 2. The summed E-state index contributed by atoms with van der Waals surface area (Å²) in [5.74, 6) is -1.25. The van der Waals surface area contributed by atoms with Gasteiger partial charge in [0.05, 0.1) is 0 Å². The first kappa shape index (κ1) is 9.09. The summed E-state index contributed by atoms with van der Waals surface area (Å²) >= 11 is 0. The Morgan fingerprint density at radius 3 is 1.83 bits per heavy atom. The molecule has 4 N–H and O–H groups in total.